The fourth-order valence-electron chi connectivity index (χ4n) is 1.50. The van der Waals surface area contributed by atoms with Crippen molar-refractivity contribution in [2.45, 2.75) is 39.0 Å². The van der Waals surface area contributed by atoms with Gasteiger partial charge in [-0.2, -0.15) is 0 Å². The topological polar surface area (TPSA) is 57.5 Å². The van der Waals surface area contributed by atoms with Crippen LogP contribution in [0.15, 0.2) is 18.2 Å². The van der Waals surface area contributed by atoms with Crippen LogP contribution in [-0.4, -0.2) is 16.2 Å². The van der Waals surface area contributed by atoms with E-state index in [1.807, 2.05) is 6.07 Å². The summed E-state index contributed by atoms with van der Waals surface area (Å²) in [7, 11) is 0. The lowest BCUT2D eigenvalue weighted by Gasteiger charge is -2.21. The Morgan fingerprint density at radius 1 is 1.31 bits per heavy atom. The maximum absolute atomic E-state index is 10.9. The van der Waals surface area contributed by atoms with Crippen molar-refractivity contribution in [1.82, 2.24) is 0 Å². The molecule has 0 fully saturated rings. The average Bonchev–Trinajstić information content (AvgIpc) is 2.15. The number of phenols is 1. The van der Waals surface area contributed by atoms with Crippen molar-refractivity contribution in [3.8, 4) is 5.75 Å². The Labute approximate surface area is 95.7 Å². The van der Waals surface area contributed by atoms with Crippen molar-refractivity contribution in [3.63, 3.8) is 0 Å². The van der Waals surface area contributed by atoms with E-state index < -0.39 is 11.9 Å². The number of aliphatic carboxylic acids is 1. The van der Waals surface area contributed by atoms with Gasteiger partial charge in [0.2, 0.25) is 0 Å². The molecule has 3 heteroatoms. The first kappa shape index (κ1) is 12.6. The summed E-state index contributed by atoms with van der Waals surface area (Å²) in [5.74, 6) is -1.58. The highest BCUT2D eigenvalue weighted by Gasteiger charge is 2.21. The van der Waals surface area contributed by atoms with Gasteiger partial charge in [0, 0.05) is 5.56 Å². The van der Waals surface area contributed by atoms with Crippen LogP contribution >= 0.6 is 0 Å². The number of carbonyl (C=O) groups is 1. The molecule has 0 aliphatic heterocycles. The van der Waals surface area contributed by atoms with Crippen molar-refractivity contribution in [3.05, 3.63) is 29.3 Å². The zero-order valence-electron chi connectivity index (χ0n) is 10.1. The average molecular weight is 222 g/mol. The summed E-state index contributed by atoms with van der Waals surface area (Å²) in [5, 5.41) is 18.6. The predicted octanol–water partition coefficient (Wildman–Crippen LogP) is 2.88. The number of phenolic OH excluding ortho intramolecular Hbond substituents is 1. The van der Waals surface area contributed by atoms with Gasteiger partial charge in [0.1, 0.15) is 5.75 Å². The van der Waals surface area contributed by atoms with Crippen LogP contribution in [0.25, 0.3) is 0 Å². The smallest absolute Gasteiger partial charge is 0.310 e. The molecule has 1 unspecified atom stereocenters. The van der Waals surface area contributed by atoms with Gasteiger partial charge in [-0.1, -0.05) is 32.9 Å². The molecule has 0 spiro atoms. The zero-order chi connectivity index (χ0) is 12.5. The van der Waals surface area contributed by atoms with E-state index in [1.54, 1.807) is 19.1 Å². The van der Waals surface area contributed by atoms with Crippen molar-refractivity contribution in [1.29, 1.82) is 0 Å². The molecule has 0 saturated heterocycles. The third kappa shape index (κ3) is 2.54. The first-order valence-corrected chi connectivity index (χ1v) is 5.29. The van der Waals surface area contributed by atoms with E-state index in [-0.39, 0.29) is 11.2 Å². The molecule has 16 heavy (non-hydrogen) atoms. The lowest BCUT2D eigenvalue weighted by Crippen LogP contribution is -2.13. The molecule has 1 aromatic carbocycles. The van der Waals surface area contributed by atoms with Crippen LogP contribution in [0.1, 0.15) is 44.7 Å². The SMILES string of the molecule is CC(C(=O)O)c1cc(C(C)(C)C)ccc1O. The highest BCUT2D eigenvalue weighted by atomic mass is 16.4. The summed E-state index contributed by atoms with van der Waals surface area (Å²) >= 11 is 0. The van der Waals surface area contributed by atoms with E-state index in [9.17, 15) is 9.90 Å². The molecule has 0 amide bonds. The van der Waals surface area contributed by atoms with E-state index in [0.29, 0.717) is 5.56 Å². The maximum Gasteiger partial charge on any atom is 0.310 e. The van der Waals surface area contributed by atoms with Crippen LogP contribution in [0.5, 0.6) is 5.75 Å². The molecule has 88 valence electrons. The fourth-order valence-corrected chi connectivity index (χ4v) is 1.50. The molecule has 1 aromatic rings. The maximum atomic E-state index is 10.9. The van der Waals surface area contributed by atoms with Crippen LogP contribution in [0.4, 0.5) is 0 Å². The van der Waals surface area contributed by atoms with Gasteiger partial charge in [-0.3, -0.25) is 4.79 Å². The molecule has 0 heterocycles. The Kier molecular flexibility index (Phi) is 3.27. The van der Waals surface area contributed by atoms with Crippen molar-refractivity contribution < 1.29 is 15.0 Å². The lowest BCUT2D eigenvalue weighted by atomic mass is 9.84. The molecule has 3 nitrogen and oxygen atoms in total. The van der Waals surface area contributed by atoms with Gasteiger partial charge < -0.3 is 10.2 Å². The van der Waals surface area contributed by atoms with Crippen molar-refractivity contribution >= 4 is 5.97 Å². The van der Waals surface area contributed by atoms with Crippen LogP contribution < -0.4 is 0 Å². The molecular weight excluding hydrogens is 204 g/mol. The zero-order valence-corrected chi connectivity index (χ0v) is 10.1. The van der Waals surface area contributed by atoms with Gasteiger partial charge >= 0.3 is 5.97 Å². The summed E-state index contributed by atoms with van der Waals surface area (Å²) in [6, 6.07) is 5.16. The standard InChI is InChI=1S/C13H18O3/c1-8(12(15)16)10-7-9(13(2,3)4)5-6-11(10)14/h5-8,14H,1-4H3,(H,15,16). The fraction of sp³-hybridized carbons (Fsp3) is 0.462. The molecule has 0 aromatic heterocycles. The molecule has 1 atom stereocenters. The second-order valence-electron chi connectivity index (χ2n) is 5.08. The predicted molar refractivity (Wildman–Crippen MR) is 62.9 cm³/mol. The normalized spacial score (nSPS) is 13.5. The summed E-state index contributed by atoms with van der Waals surface area (Å²) in [4.78, 5) is 10.9. The van der Waals surface area contributed by atoms with Crippen LogP contribution in [0, 0.1) is 0 Å². The minimum atomic E-state index is -0.929. The Hall–Kier alpha value is -1.51. The molecular formula is C13H18O3. The number of rotatable bonds is 2. The van der Waals surface area contributed by atoms with E-state index in [2.05, 4.69) is 20.8 Å². The van der Waals surface area contributed by atoms with E-state index in [4.69, 9.17) is 5.11 Å². The van der Waals surface area contributed by atoms with E-state index in [0.717, 1.165) is 5.56 Å². The Morgan fingerprint density at radius 3 is 2.31 bits per heavy atom. The molecule has 0 bridgehead atoms. The molecule has 0 saturated carbocycles. The number of carboxylic acid groups (broad SMARTS) is 1. The van der Waals surface area contributed by atoms with Crippen molar-refractivity contribution in [2.75, 3.05) is 0 Å². The van der Waals surface area contributed by atoms with Gasteiger partial charge in [-0.25, -0.2) is 0 Å². The number of benzene rings is 1. The number of aromatic hydroxyl groups is 1. The van der Waals surface area contributed by atoms with E-state index >= 15 is 0 Å². The van der Waals surface area contributed by atoms with Gasteiger partial charge in [-0.15, -0.1) is 0 Å². The Bertz CT molecular complexity index is 402. The second kappa shape index (κ2) is 4.16. The molecule has 0 aliphatic rings. The molecule has 1 rings (SSSR count). The van der Waals surface area contributed by atoms with Crippen LogP contribution in [0.2, 0.25) is 0 Å². The minimum Gasteiger partial charge on any atom is -0.508 e. The lowest BCUT2D eigenvalue weighted by molar-refractivity contribution is -0.138. The molecule has 0 radical (unpaired) electrons. The second-order valence-corrected chi connectivity index (χ2v) is 5.08. The van der Waals surface area contributed by atoms with Crippen LogP contribution in [0.3, 0.4) is 0 Å². The number of hydrogen-bond donors (Lipinski definition) is 2. The highest BCUT2D eigenvalue weighted by Crippen LogP contribution is 2.31. The largest absolute Gasteiger partial charge is 0.508 e. The number of hydrogen-bond acceptors (Lipinski definition) is 2. The van der Waals surface area contributed by atoms with Crippen molar-refractivity contribution in [2.24, 2.45) is 0 Å². The van der Waals surface area contributed by atoms with Gasteiger partial charge in [-0.05, 0) is 24.0 Å². The first-order valence-electron chi connectivity index (χ1n) is 5.29. The highest BCUT2D eigenvalue weighted by molar-refractivity contribution is 5.76. The molecule has 2 N–H and O–H groups in total. The van der Waals surface area contributed by atoms with E-state index in [1.165, 1.54) is 0 Å². The Balaban J connectivity index is 3.24. The first-order chi connectivity index (χ1) is 7.23. The monoisotopic (exact) mass is 222 g/mol. The van der Waals surface area contributed by atoms with Gasteiger partial charge in [0.15, 0.2) is 0 Å². The summed E-state index contributed by atoms with van der Waals surface area (Å²) in [6.07, 6.45) is 0. The van der Waals surface area contributed by atoms with Gasteiger partial charge in [0.25, 0.3) is 0 Å². The summed E-state index contributed by atoms with van der Waals surface area (Å²) < 4.78 is 0. The van der Waals surface area contributed by atoms with Crippen LogP contribution in [-0.2, 0) is 10.2 Å². The minimum absolute atomic E-state index is 0.0444. The molecule has 0 aliphatic carbocycles. The Morgan fingerprint density at radius 2 is 1.88 bits per heavy atom. The third-order valence-corrected chi connectivity index (χ3v) is 2.73. The van der Waals surface area contributed by atoms with Gasteiger partial charge in [0.05, 0.1) is 5.92 Å². The summed E-state index contributed by atoms with van der Waals surface area (Å²) in [6.45, 7) is 7.72. The third-order valence-electron chi connectivity index (χ3n) is 2.73. The summed E-state index contributed by atoms with van der Waals surface area (Å²) in [5.41, 5.74) is 1.44. The number of carboxylic acids is 1. The quantitative estimate of drug-likeness (QED) is 0.809.